The third kappa shape index (κ3) is 3.90. The Bertz CT molecular complexity index is 453. The summed E-state index contributed by atoms with van der Waals surface area (Å²) in [7, 11) is 4.90. The van der Waals surface area contributed by atoms with Crippen LogP contribution in [0.5, 0.6) is 17.2 Å². The summed E-state index contributed by atoms with van der Waals surface area (Å²) in [6, 6.07) is 3.78. The van der Waals surface area contributed by atoms with Crippen molar-refractivity contribution in [3.05, 3.63) is 23.3 Å². The zero-order valence-electron chi connectivity index (χ0n) is 12.1. The molecule has 0 aliphatic carbocycles. The normalized spacial score (nSPS) is 11.6. The van der Waals surface area contributed by atoms with Gasteiger partial charge in [-0.2, -0.15) is 0 Å². The molecule has 0 aliphatic rings. The van der Waals surface area contributed by atoms with Crippen LogP contribution in [0.1, 0.15) is 19.4 Å². The summed E-state index contributed by atoms with van der Waals surface area (Å²) in [5.74, 6) is 2.61. The Labute approximate surface area is 123 Å². The number of methoxy groups -OCH3 is 3. The van der Waals surface area contributed by atoms with Gasteiger partial charge in [0.15, 0.2) is 11.5 Å². The maximum Gasteiger partial charge on any atom is 0.164 e. The van der Waals surface area contributed by atoms with Crippen LogP contribution >= 0.6 is 15.9 Å². The van der Waals surface area contributed by atoms with Gasteiger partial charge in [-0.15, -0.1) is 0 Å². The van der Waals surface area contributed by atoms with E-state index in [9.17, 15) is 0 Å². The number of allylic oxidation sites excluding steroid dienone is 1. The molecule has 0 unspecified atom stereocenters. The first-order chi connectivity index (χ1) is 9.07. The fourth-order valence-electron chi connectivity index (χ4n) is 1.72. The van der Waals surface area contributed by atoms with Crippen molar-refractivity contribution < 1.29 is 14.2 Å². The van der Waals surface area contributed by atoms with Gasteiger partial charge in [-0.3, -0.25) is 0 Å². The lowest BCUT2D eigenvalue weighted by molar-refractivity contribution is 0.348. The molecule has 0 fully saturated rings. The molecule has 1 aromatic rings. The summed E-state index contributed by atoms with van der Waals surface area (Å²) in [6.07, 6.45) is 2.13. The molecule has 0 atom stereocenters. The molecule has 0 radical (unpaired) electrons. The number of hydrogen-bond acceptors (Lipinski definition) is 3. The van der Waals surface area contributed by atoms with Crippen LogP contribution in [-0.4, -0.2) is 26.7 Å². The summed E-state index contributed by atoms with van der Waals surface area (Å²) < 4.78 is 16.0. The Morgan fingerprint density at radius 1 is 1.05 bits per heavy atom. The maximum atomic E-state index is 5.42. The molecule has 4 heteroatoms. The lowest BCUT2D eigenvalue weighted by atomic mass is 10.0. The lowest BCUT2D eigenvalue weighted by Crippen LogP contribution is -1.98. The van der Waals surface area contributed by atoms with Crippen LogP contribution < -0.4 is 14.2 Å². The molecule has 0 amide bonds. The van der Waals surface area contributed by atoms with Gasteiger partial charge in [-0.05, 0) is 12.0 Å². The zero-order valence-corrected chi connectivity index (χ0v) is 13.7. The SMILES string of the molecule is COc1cc(OC)c(OC)cc1C=C(CBr)C(C)C. The van der Waals surface area contributed by atoms with E-state index in [1.807, 2.05) is 12.1 Å². The molecule has 0 N–H and O–H groups in total. The molecule has 0 aliphatic heterocycles. The lowest BCUT2D eigenvalue weighted by Gasteiger charge is -2.14. The van der Waals surface area contributed by atoms with Gasteiger partial charge in [0.05, 0.1) is 21.3 Å². The van der Waals surface area contributed by atoms with E-state index < -0.39 is 0 Å². The predicted octanol–water partition coefficient (Wildman–Crippen LogP) is 4.15. The van der Waals surface area contributed by atoms with E-state index in [2.05, 4.69) is 35.9 Å². The topological polar surface area (TPSA) is 27.7 Å². The minimum Gasteiger partial charge on any atom is -0.496 e. The van der Waals surface area contributed by atoms with Crippen molar-refractivity contribution in [3.8, 4) is 17.2 Å². The van der Waals surface area contributed by atoms with Crippen LogP contribution in [0, 0.1) is 5.92 Å². The van der Waals surface area contributed by atoms with Gasteiger partial charge in [0, 0.05) is 17.0 Å². The quantitative estimate of drug-likeness (QED) is 0.734. The molecular formula is C15H21BrO3. The first-order valence-electron chi connectivity index (χ1n) is 6.13. The number of alkyl halides is 1. The number of halogens is 1. The molecular weight excluding hydrogens is 308 g/mol. The number of rotatable bonds is 6. The van der Waals surface area contributed by atoms with Gasteiger partial charge in [-0.25, -0.2) is 0 Å². The second-order valence-electron chi connectivity index (χ2n) is 4.46. The standard InChI is InChI=1S/C15H21BrO3/c1-10(2)12(9-16)6-11-7-14(18-4)15(19-5)8-13(11)17-3/h6-8,10H,9H2,1-5H3. The van der Waals surface area contributed by atoms with Crippen LogP contribution in [0.2, 0.25) is 0 Å². The molecule has 0 heterocycles. The molecule has 0 spiro atoms. The van der Waals surface area contributed by atoms with Crippen LogP contribution in [0.15, 0.2) is 17.7 Å². The predicted molar refractivity (Wildman–Crippen MR) is 82.7 cm³/mol. The van der Waals surface area contributed by atoms with E-state index in [4.69, 9.17) is 14.2 Å². The summed E-state index contributed by atoms with van der Waals surface area (Å²) in [6.45, 7) is 4.33. The van der Waals surface area contributed by atoms with Crippen molar-refractivity contribution in [3.63, 3.8) is 0 Å². The summed E-state index contributed by atoms with van der Waals surface area (Å²) in [4.78, 5) is 0. The Morgan fingerprint density at radius 3 is 2.00 bits per heavy atom. The van der Waals surface area contributed by atoms with Crippen molar-refractivity contribution in [2.75, 3.05) is 26.7 Å². The van der Waals surface area contributed by atoms with Crippen molar-refractivity contribution in [2.45, 2.75) is 13.8 Å². The molecule has 3 nitrogen and oxygen atoms in total. The van der Waals surface area contributed by atoms with E-state index in [1.54, 1.807) is 21.3 Å². The van der Waals surface area contributed by atoms with Gasteiger partial charge < -0.3 is 14.2 Å². The highest BCUT2D eigenvalue weighted by molar-refractivity contribution is 9.09. The van der Waals surface area contributed by atoms with E-state index in [0.717, 1.165) is 16.6 Å². The first-order valence-corrected chi connectivity index (χ1v) is 7.25. The fourth-order valence-corrected chi connectivity index (χ4v) is 2.53. The molecule has 0 saturated carbocycles. The van der Waals surface area contributed by atoms with Crippen molar-refractivity contribution in [1.82, 2.24) is 0 Å². The first kappa shape index (κ1) is 15.9. The molecule has 19 heavy (non-hydrogen) atoms. The van der Waals surface area contributed by atoms with Gasteiger partial charge in [0.1, 0.15) is 5.75 Å². The Hall–Kier alpha value is -1.16. The van der Waals surface area contributed by atoms with E-state index in [0.29, 0.717) is 17.4 Å². The van der Waals surface area contributed by atoms with E-state index in [1.165, 1.54) is 5.57 Å². The minimum atomic E-state index is 0.470. The van der Waals surface area contributed by atoms with Gasteiger partial charge in [0.2, 0.25) is 0 Å². The Morgan fingerprint density at radius 2 is 1.58 bits per heavy atom. The fraction of sp³-hybridized carbons (Fsp3) is 0.467. The van der Waals surface area contributed by atoms with Gasteiger partial charge in [0.25, 0.3) is 0 Å². The molecule has 1 aromatic carbocycles. The number of ether oxygens (including phenoxy) is 3. The highest BCUT2D eigenvalue weighted by Crippen LogP contribution is 2.36. The molecule has 106 valence electrons. The van der Waals surface area contributed by atoms with Crippen LogP contribution in [0.3, 0.4) is 0 Å². The van der Waals surface area contributed by atoms with Crippen molar-refractivity contribution in [2.24, 2.45) is 5.92 Å². The van der Waals surface area contributed by atoms with Gasteiger partial charge >= 0.3 is 0 Å². The average molecular weight is 329 g/mol. The second kappa shape index (κ2) is 7.43. The van der Waals surface area contributed by atoms with E-state index >= 15 is 0 Å². The monoisotopic (exact) mass is 328 g/mol. The van der Waals surface area contributed by atoms with Crippen LogP contribution in [0.4, 0.5) is 0 Å². The minimum absolute atomic E-state index is 0.470. The summed E-state index contributed by atoms with van der Waals surface area (Å²) in [5, 5.41) is 0.835. The second-order valence-corrected chi connectivity index (χ2v) is 5.02. The molecule has 1 rings (SSSR count). The van der Waals surface area contributed by atoms with Crippen LogP contribution in [-0.2, 0) is 0 Å². The molecule has 0 aromatic heterocycles. The smallest absolute Gasteiger partial charge is 0.164 e. The Balaban J connectivity index is 3.33. The number of hydrogen-bond donors (Lipinski definition) is 0. The van der Waals surface area contributed by atoms with Crippen molar-refractivity contribution in [1.29, 1.82) is 0 Å². The summed E-state index contributed by atoms with van der Waals surface area (Å²) >= 11 is 3.52. The van der Waals surface area contributed by atoms with Crippen molar-refractivity contribution >= 4 is 22.0 Å². The average Bonchev–Trinajstić information content (AvgIpc) is 2.43. The van der Waals surface area contributed by atoms with E-state index in [-0.39, 0.29) is 0 Å². The maximum absolute atomic E-state index is 5.42. The van der Waals surface area contributed by atoms with Gasteiger partial charge in [-0.1, -0.05) is 41.4 Å². The highest BCUT2D eigenvalue weighted by atomic mass is 79.9. The highest BCUT2D eigenvalue weighted by Gasteiger charge is 2.11. The number of benzene rings is 1. The van der Waals surface area contributed by atoms with Crippen LogP contribution in [0.25, 0.3) is 6.08 Å². The molecule has 0 saturated heterocycles. The third-order valence-electron chi connectivity index (χ3n) is 2.97. The molecule has 0 bridgehead atoms. The third-order valence-corrected chi connectivity index (χ3v) is 3.62. The Kier molecular flexibility index (Phi) is 6.22. The zero-order chi connectivity index (χ0) is 14.4. The largest absolute Gasteiger partial charge is 0.496 e. The summed E-state index contributed by atoms with van der Waals surface area (Å²) in [5.41, 5.74) is 2.29.